The number of hydrogen-bond acceptors (Lipinski definition) is 8. The molecule has 3 heterocycles. The molecule has 0 radical (unpaired) electrons. The monoisotopic (exact) mass is 387 g/mol. The second-order valence-electron chi connectivity index (χ2n) is 6.46. The molecule has 3 N–H and O–H groups in total. The standard InChI is InChI=1S/C20H17N7O2/c1-28-15-8-6-14(7-9-15)27-17(21)16-10-11-29-20(16)22-19(27)13-4-2-12(3-5-13)18-23-25-26-24-18/h2-11,17H,21H2,1H3,(H,23,24,25,26). The molecule has 29 heavy (non-hydrogen) atoms. The minimum absolute atomic E-state index is 0.442. The zero-order valence-corrected chi connectivity index (χ0v) is 15.5. The summed E-state index contributed by atoms with van der Waals surface area (Å²) in [6.45, 7) is 0. The first-order valence-electron chi connectivity index (χ1n) is 8.94. The maximum atomic E-state index is 6.59. The average molecular weight is 387 g/mol. The van der Waals surface area contributed by atoms with Crippen LogP contribution in [-0.2, 0) is 0 Å². The van der Waals surface area contributed by atoms with Gasteiger partial charge >= 0.3 is 0 Å². The molecule has 9 heteroatoms. The quantitative estimate of drug-likeness (QED) is 0.552. The molecule has 144 valence electrons. The molecule has 0 saturated heterocycles. The fourth-order valence-electron chi connectivity index (χ4n) is 3.34. The van der Waals surface area contributed by atoms with Crippen molar-refractivity contribution in [3.63, 3.8) is 0 Å². The number of amidine groups is 1. The average Bonchev–Trinajstić information content (AvgIpc) is 3.46. The summed E-state index contributed by atoms with van der Waals surface area (Å²) < 4.78 is 10.8. The van der Waals surface area contributed by atoms with Gasteiger partial charge in [0.15, 0.2) is 5.82 Å². The van der Waals surface area contributed by atoms with Crippen molar-refractivity contribution in [1.82, 2.24) is 20.6 Å². The van der Waals surface area contributed by atoms with Gasteiger partial charge in [-0.1, -0.05) is 24.3 Å². The van der Waals surface area contributed by atoms with Gasteiger partial charge in [-0.3, -0.25) is 0 Å². The lowest BCUT2D eigenvalue weighted by Gasteiger charge is -2.34. The summed E-state index contributed by atoms with van der Waals surface area (Å²) >= 11 is 0. The van der Waals surface area contributed by atoms with Gasteiger partial charge in [-0.25, -0.2) is 5.10 Å². The van der Waals surface area contributed by atoms with E-state index in [0.29, 0.717) is 17.5 Å². The summed E-state index contributed by atoms with van der Waals surface area (Å²) in [5.41, 5.74) is 10.1. The maximum absolute atomic E-state index is 6.59. The summed E-state index contributed by atoms with van der Waals surface area (Å²) in [4.78, 5) is 6.71. The molecular formula is C20H17N7O2. The molecule has 0 saturated carbocycles. The number of hydrogen-bond donors (Lipinski definition) is 2. The van der Waals surface area contributed by atoms with E-state index in [0.717, 1.165) is 28.1 Å². The number of methoxy groups -OCH3 is 1. The molecule has 0 fully saturated rings. The molecule has 1 unspecified atom stereocenters. The lowest BCUT2D eigenvalue weighted by Crippen LogP contribution is -2.41. The highest BCUT2D eigenvalue weighted by Crippen LogP contribution is 2.38. The van der Waals surface area contributed by atoms with Crippen molar-refractivity contribution in [2.45, 2.75) is 6.17 Å². The third kappa shape index (κ3) is 2.93. The predicted molar refractivity (Wildman–Crippen MR) is 107 cm³/mol. The summed E-state index contributed by atoms with van der Waals surface area (Å²) in [5, 5.41) is 13.9. The number of benzene rings is 2. The summed E-state index contributed by atoms with van der Waals surface area (Å²) in [5.74, 6) is 2.57. The fraction of sp³-hybridized carbons (Fsp3) is 0.100. The Kier molecular flexibility index (Phi) is 4.07. The van der Waals surface area contributed by atoms with Gasteiger partial charge in [-0.15, -0.1) is 5.10 Å². The number of ether oxygens (including phenoxy) is 1. The van der Waals surface area contributed by atoms with Crippen LogP contribution in [0.2, 0.25) is 0 Å². The Morgan fingerprint density at radius 3 is 2.48 bits per heavy atom. The minimum atomic E-state index is -0.442. The number of nitrogens with one attached hydrogen (secondary N) is 1. The van der Waals surface area contributed by atoms with E-state index >= 15 is 0 Å². The maximum Gasteiger partial charge on any atom is 0.227 e. The number of tetrazole rings is 1. The van der Waals surface area contributed by atoms with Crippen molar-refractivity contribution in [2.75, 3.05) is 12.0 Å². The highest BCUT2D eigenvalue weighted by molar-refractivity contribution is 6.12. The normalized spacial score (nSPS) is 15.7. The largest absolute Gasteiger partial charge is 0.497 e. The Balaban J connectivity index is 1.59. The van der Waals surface area contributed by atoms with Crippen LogP contribution in [-0.4, -0.2) is 33.6 Å². The number of anilines is 1. The SMILES string of the molecule is COc1ccc(N2C(c3ccc(-c4nnn[nH]4)cc3)=Nc3occc3C2N)cc1. The Morgan fingerprint density at radius 2 is 1.79 bits per heavy atom. The molecule has 4 aromatic rings. The van der Waals surface area contributed by atoms with Crippen molar-refractivity contribution in [3.8, 4) is 17.1 Å². The first kappa shape index (κ1) is 17.1. The Labute approximate surface area is 165 Å². The van der Waals surface area contributed by atoms with Crippen LogP contribution < -0.4 is 15.4 Å². The van der Waals surface area contributed by atoms with Crippen LogP contribution in [0.3, 0.4) is 0 Å². The van der Waals surface area contributed by atoms with Gasteiger partial charge in [0.05, 0.1) is 18.9 Å². The van der Waals surface area contributed by atoms with E-state index in [9.17, 15) is 0 Å². The zero-order valence-electron chi connectivity index (χ0n) is 15.5. The van der Waals surface area contributed by atoms with Crippen LogP contribution in [0, 0.1) is 0 Å². The van der Waals surface area contributed by atoms with E-state index in [4.69, 9.17) is 19.9 Å². The molecule has 1 aliphatic rings. The van der Waals surface area contributed by atoms with Gasteiger partial charge in [0.1, 0.15) is 17.8 Å². The number of furan rings is 1. The molecule has 1 atom stereocenters. The van der Waals surface area contributed by atoms with Crippen LogP contribution >= 0.6 is 0 Å². The summed E-state index contributed by atoms with van der Waals surface area (Å²) in [7, 11) is 1.64. The van der Waals surface area contributed by atoms with Gasteiger partial charge in [-0.05, 0) is 40.8 Å². The smallest absolute Gasteiger partial charge is 0.227 e. The third-order valence-electron chi connectivity index (χ3n) is 4.82. The second kappa shape index (κ2) is 6.88. The summed E-state index contributed by atoms with van der Waals surface area (Å²) in [6.07, 6.45) is 1.16. The Hall–Kier alpha value is -3.98. The first-order valence-corrected chi connectivity index (χ1v) is 8.94. The van der Waals surface area contributed by atoms with Crippen LogP contribution in [0.25, 0.3) is 11.4 Å². The van der Waals surface area contributed by atoms with Crippen molar-refractivity contribution in [3.05, 3.63) is 72.0 Å². The lowest BCUT2D eigenvalue weighted by molar-refractivity contribution is 0.415. The highest BCUT2D eigenvalue weighted by atomic mass is 16.5. The first-order chi connectivity index (χ1) is 14.2. The Bertz CT molecular complexity index is 1150. The van der Waals surface area contributed by atoms with Gasteiger partial charge in [0.25, 0.3) is 0 Å². The molecule has 0 amide bonds. The van der Waals surface area contributed by atoms with Gasteiger partial charge in [0.2, 0.25) is 5.88 Å². The third-order valence-corrected chi connectivity index (χ3v) is 4.82. The molecule has 2 aromatic heterocycles. The van der Waals surface area contributed by atoms with Gasteiger partial charge < -0.3 is 19.8 Å². The molecule has 0 spiro atoms. The van der Waals surface area contributed by atoms with Crippen molar-refractivity contribution in [1.29, 1.82) is 0 Å². The molecule has 1 aliphatic heterocycles. The van der Waals surface area contributed by atoms with Gasteiger partial charge in [0, 0.05) is 16.8 Å². The molecule has 0 bridgehead atoms. The van der Waals surface area contributed by atoms with E-state index in [1.807, 2.05) is 59.5 Å². The number of rotatable bonds is 4. The number of nitrogens with two attached hydrogens (primary N) is 1. The minimum Gasteiger partial charge on any atom is -0.497 e. The number of aromatic amines is 1. The Morgan fingerprint density at radius 1 is 1.03 bits per heavy atom. The van der Waals surface area contributed by atoms with Crippen LogP contribution in [0.1, 0.15) is 17.3 Å². The highest BCUT2D eigenvalue weighted by Gasteiger charge is 2.31. The van der Waals surface area contributed by atoms with Crippen LogP contribution in [0.15, 0.2) is 70.3 Å². The predicted octanol–water partition coefficient (Wildman–Crippen LogP) is 3.02. The van der Waals surface area contributed by atoms with E-state index in [-0.39, 0.29) is 0 Å². The van der Waals surface area contributed by atoms with E-state index in [1.165, 1.54) is 0 Å². The fourth-order valence-corrected chi connectivity index (χ4v) is 3.34. The van der Waals surface area contributed by atoms with Crippen LogP contribution in [0.4, 0.5) is 11.6 Å². The molecule has 2 aromatic carbocycles. The van der Waals surface area contributed by atoms with Crippen molar-refractivity contribution < 1.29 is 9.15 Å². The molecule has 9 nitrogen and oxygen atoms in total. The van der Waals surface area contributed by atoms with Gasteiger partial charge in [-0.2, -0.15) is 4.99 Å². The molecular weight excluding hydrogens is 370 g/mol. The second-order valence-corrected chi connectivity index (χ2v) is 6.46. The van der Waals surface area contributed by atoms with Crippen molar-refractivity contribution >= 4 is 17.4 Å². The topological polar surface area (TPSA) is 118 Å². The van der Waals surface area contributed by atoms with E-state index in [1.54, 1.807) is 13.4 Å². The van der Waals surface area contributed by atoms with Crippen LogP contribution in [0.5, 0.6) is 5.75 Å². The van der Waals surface area contributed by atoms with E-state index in [2.05, 4.69) is 20.6 Å². The number of H-pyrrole nitrogens is 1. The number of fused-ring (bicyclic) bond motifs is 1. The number of nitrogens with zero attached hydrogens (tertiary/aromatic N) is 5. The zero-order chi connectivity index (χ0) is 19.8. The summed E-state index contributed by atoms with van der Waals surface area (Å²) in [6, 6.07) is 17.3. The molecule has 0 aliphatic carbocycles. The molecule has 5 rings (SSSR count). The number of aromatic nitrogens is 4. The van der Waals surface area contributed by atoms with Crippen molar-refractivity contribution in [2.24, 2.45) is 10.7 Å². The van der Waals surface area contributed by atoms with E-state index < -0.39 is 6.17 Å². The lowest BCUT2D eigenvalue weighted by atomic mass is 10.1. The number of aliphatic imine (C=N–C) groups is 1.